The third kappa shape index (κ3) is 2.60. The van der Waals surface area contributed by atoms with Crippen LogP contribution in [-0.2, 0) is 0 Å². The Balaban J connectivity index is 2.25. The van der Waals surface area contributed by atoms with Gasteiger partial charge in [0.15, 0.2) is 5.69 Å². The minimum atomic E-state index is -1.000. The van der Waals surface area contributed by atoms with Gasteiger partial charge in [-0.3, -0.25) is 0 Å². The Morgan fingerprint density at radius 2 is 2.11 bits per heavy atom. The van der Waals surface area contributed by atoms with Gasteiger partial charge in [-0.15, -0.1) is 0 Å². The number of carboxylic acids is 1. The molecule has 1 saturated heterocycles. The lowest BCUT2D eigenvalue weighted by atomic mass is 9.89. The summed E-state index contributed by atoms with van der Waals surface area (Å²) < 4.78 is 0. The number of aromatic carboxylic acids is 1. The molecule has 2 unspecified atom stereocenters. The molecule has 5 heteroatoms. The van der Waals surface area contributed by atoms with Gasteiger partial charge >= 0.3 is 5.97 Å². The third-order valence-electron chi connectivity index (χ3n) is 3.68. The summed E-state index contributed by atoms with van der Waals surface area (Å²) >= 11 is 0. The van der Waals surface area contributed by atoms with Crippen molar-refractivity contribution in [3.8, 4) is 0 Å². The molecule has 0 saturated carbocycles. The Kier molecular flexibility index (Phi) is 3.50. The normalized spacial score (nSPS) is 24.1. The van der Waals surface area contributed by atoms with Crippen LogP contribution < -0.4 is 4.90 Å². The lowest BCUT2D eigenvalue weighted by molar-refractivity contribution is 0.0690. The van der Waals surface area contributed by atoms with Crippen LogP contribution in [0.5, 0.6) is 0 Å². The molecule has 1 N–H and O–H groups in total. The van der Waals surface area contributed by atoms with E-state index in [1.165, 1.54) is 6.07 Å². The molecule has 5 nitrogen and oxygen atoms in total. The van der Waals surface area contributed by atoms with Crippen LogP contribution in [-0.4, -0.2) is 34.1 Å². The van der Waals surface area contributed by atoms with Gasteiger partial charge in [0.05, 0.1) is 0 Å². The van der Waals surface area contributed by atoms with E-state index in [2.05, 4.69) is 28.7 Å². The highest BCUT2D eigenvalue weighted by Gasteiger charge is 2.25. The predicted octanol–water partition coefficient (Wildman–Crippen LogP) is 1.97. The van der Waals surface area contributed by atoms with Crippen molar-refractivity contribution in [3.05, 3.63) is 17.5 Å². The number of hydrogen-bond donors (Lipinski definition) is 1. The summed E-state index contributed by atoms with van der Waals surface area (Å²) in [5.74, 6) is 0.826. The molecular weight excluding hydrogens is 230 g/mol. The molecular formula is C13H19N3O2. The summed E-state index contributed by atoms with van der Waals surface area (Å²) in [6.07, 6.45) is 1.10. The van der Waals surface area contributed by atoms with Crippen LogP contribution in [0.4, 0.5) is 5.95 Å². The molecule has 2 rings (SSSR count). The molecule has 0 bridgehead atoms. The largest absolute Gasteiger partial charge is 0.477 e. The van der Waals surface area contributed by atoms with E-state index < -0.39 is 5.97 Å². The summed E-state index contributed by atoms with van der Waals surface area (Å²) in [5.41, 5.74) is 0.771. The molecule has 1 aliphatic heterocycles. The molecule has 1 aromatic heterocycles. The Morgan fingerprint density at radius 1 is 1.39 bits per heavy atom. The van der Waals surface area contributed by atoms with Crippen molar-refractivity contribution in [3.63, 3.8) is 0 Å². The molecule has 0 radical (unpaired) electrons. The standard InChI is InChI=1S/C13H19N3O2/c1-8-4-5-16(7-9(8)2)13-14-10(3)6-11(15-13)12(17)18/h6,8-9H,4-5,7H2,1-3H3,(H,17,18). The minimum Gasteiger partial charge on any atom is -0.477 e. The molecule has 0 spiro atoms. The van der Waals surface area contributed by atoms with Crippen molar-refractivity contribution in [2.45, 2.75) is 27.2 Å². The zero-order chi connectivity index (χ0) is 13.3. The maximum Gasteiger partial charge on any atom is 0.354 e. The maximum atomic E-state index is 11.0. The lowest BCUT2D eigenvalue weighted by Crippen LogP contribution is -2.39. The van der Waals surface area contributed by atoms with Gasteiger partial charge in [0.2, 0.25) is 5.95 Å². The minimum absolute atomic E-state index is 0.0729. The van der Waals surface area contributed by atoms with Crippen molar-refractivity contribution in [2.75, 3.05) is 18.0 Å². The molecule has 1 fully saturated rings. The maximum absolute atomic E-state index is 11.0. The zero-order valence-electron chi connectivity index (χ0n) is 11.1. The first-order valence-electron chi connectivity index (χ1n) is 6.31. The number of aryl methyl sites for hydroxylation is 1. The number of nitrogens with zero attached hydrogens (tertiary/aromatic N) is 3. The fourth-order valence-corrected chi connectivity index (χ4v) is 2.25. The SMILES string of the molecule is Cc1cc(C(=O)O)nc(N2CCC(C)C(C)C2)n1. The number of anilines is 1. The first-order valence-corrected chi connectivity index (χ1v) is 6.31. The van der Waals surface area contributed by atoms with Crippen LogP contribution in [0, 0.1) is 18.8 Å². The van der Waals surface area contributed by atoms with E-state index in [1.807, 2.05) is 0 Å². The highest BCUT2D eigenvalue weighted by atomic mass is 16.4. The van der Waals surface area contributed by atoms with Gasteiger partial charge in [0.25, 0.3) is 0 Å². The fraction of sp³-hybridized carbons (Fsp3) is 0.615. The van der Waals surface area contributed by atoms with Crippen LogP contribution in [0.25, 0.3) is 0 Å². The number of rotatable bonds is 2. The number of aromatic nitrogens is 2. The Morgan fingerprint density at radius 3 is 2.72 bits per heavy atom. The molecule has 98 valence electrons. The van der Waals surface area contributed by atoms with Gasteiger partial charge in [0, 0.05) is 18.8 Å². The van der Waals surface area contributed by atoms with Crippen molar-refractivity contribution >= 4 is 11.9 Å². The van der Waals surface area contributed by atoms with E-state index in [1.54, 1.807) is 6.92 Å². The molecule has 0 aliphatic carbocycles. The molecule has 18 heavy (non-hydrogen) atoms. The van der Waals surface area contributed by atoms with Crippen LogP contribution in [0.15, 0.2) is 6.07 Å². The molecule has 2 heterocycles. The molecule has 0 amide bonds. The van der Waals surface area contributed by atoms with Crippen molar-refractivity contribution in [2.24, 2.45) is 11.8 Å². The summed E-state index contributed by atoms with van der Waals surface area (Å²) in [4.78, 5) is 21.6. The van der Waals surface area contributed by atoms with E-state index >= 15 is 0 Å². The van der Waals surface area contributed by atoms with Gasteiger partial charge in [0.1, 0.15) is 0 Å². The van der Waals surface area contributed by atoms with E-state index in [9.17, 15) is 4.79 Å². The second kappa shape index (κ2) is 4.92. The molecule has 1 aromatic rings. The highest BCUT2D eigenvalue weighted by Crippen LogP contribution is 2.25. The van der Waals surface area contributed by atoms with Gasteiger partial charge < -0.3 is 10.0 Å². The summed E-state index contributed by atoms with van der Waals surface area (Å²) in [6, 6.07) is 1.50. The highest BCUT2D eigenvalue weighted by molar-refractivity contribution is 5.85. The van der Waals surface area contributed by atoms with Crippen molar-refractivity contribution < 1.29 is 9.90 Å². The smallest absolute Gasteiger partial charge is 0.354 e. The number of piperidine rings is 1. The van der Waals surface area contributed by atoms with Crippen molar-refractivity contribution in [1.29, 1.82) is 0 Å². The van der Waals surface area contributed by atoms with Crippen LogP contribution in [0.1, 0.15) is 36.5 Å². The summed E-state index contributed by atoms with van der Waals surface area (Å²) in [5, 5.41) is 9.02. The van der Waals surface area contributed by atoms with Crippen LogP contribution >= 0.6 is 0 Å². The second-order valence-corrected chi connectivity index (χ2v) is 5.19. The average Bonchev–Trinajstić information content (AvgIpc) is 2.31. The lowest BCUT2D eigenvalue weighted by Gasteiger charge is -2.35. The van der Waals surface area contributed by atoms with Crippen LogP contribution in [0.3, 0.4) is 0 Å². The van der Waals surface area contributed by atoms with Gasteiger partial charge in [-0.05, 0) is 31.2 Å². The van der Waals surface area contributed by atoms with Crippen molar-refractivity contribution in [1.82, 2.24) is 9.97 Å². The van der Waals surface area contributed by atoms with Gasteiger partial charge in [-0.1, -0.05) is 13.8 Å². The Hall–Kier alpha value is -1.65. The van der Waals surface area contributed by atoms with Crippen LogP contribution in [0.2, 0.25) is 0 Å². The quantitative estimate of drug-likeness (QED) is 0.868. The summed E-state index contributed by atoms with van der Waals surface area (Å²) in [6.45, 7) is 8.05. The number of carboxylic acid groups (broad SMARTS) is 1. The topological polar surface area (TPSA) is 66.3 Å². The average molecular weight is 249 g/mol. The molecule has 0 aromatic carbocycles. The molecule has 1 aliphatic rings. The van der Waals surface area contributed by atoms with E-state index in [0.717, 1.165) is 19.5 Å². The van der Waals surface area contributed by atoms with E-state index in [4.69, 9.17) is 5.11 Å². The fourth-order valence-electron chi connectivity index (χ4n) is 2.25. The zero-order valence-corrected chi connectivity index (χ0v) is 11.1. The Labute approximate surface area is 107 Å². The first kappa shape index (κ1) is 12.8. The number of carbonyl (C=O) groups is 1. The summed E-state index contributed by atoms with van der Waals surface area (Å²) in [7, 11) is 0. The molecule has 2 atom stereocenters. The van der Waals surface area contributed by atoms with E-state index in [0.29, 0.717) is 23.5 Å². The van der Waals surface area contributed by atoms with Gasteiger partial charge in [-0.2, -0.15) is 0 Å². The monoisotopic (exact) mass is 249 g/mol. The third-order valence-corrected chi connectivity index (χ3v) is 3.68. The van der Waals surface area contributed by atoms with E-state index in [-0.39, 0.29) is 5.69 Å². The number of hydrogen-bond acceptors (Lipinski definition) is 4. The predicted molar refractivity (Wildman–Crippen MR) is 68.9 cm³/mol. The Bertz CT molecular complexity index is 462. The van der Waals surface area contributed by atoms with Gasteiger partial charge in [-0.25, -0.2) is 14.8 Å². The first-order chi connectivity index (χ1) is 8.47. The second-order valence-electron chi connectivity index (χ2n) is 5.19.